The maximum Gasteiger partial charge on any atom is 0.227 e. The van der Waals surface area contributed by atoms with E-state index in [2.05, 4.69) is 20.2 Å². The molecule has 5 nitrogen and oxygen atoms in total. The van der Waals surface area contributed by atoms with E-state index in [9.17, 15) is 4.79 Å². The zero-order valence-electron chi connectivity index (χ0n) is 12.1. The summed E-state index contributed by atoms with van der Waals surface area (Å²) in [5.41, 5.74) is 0.672. The minimum absolute atomic E-state index is 0.00388. The molecule has 0 saturated carbocycles. The molecule has 1 N–H and O–H groups in total. The van der Waals surface area contributed by atoms with Crippen LogP contribution in [-0.2, 0) is 4.79 Å². The Hall–Kier alpha value is -2.14. The molecule has 0 bridgehead atoms. The first-order valence-electron chi connectivity index (χ1n) is 7.30. The largest absolute Gasteiger partial charge is 0.355 e. The smallest absolute Gasteiger partial charge is 0.227 e. The van der Waals surface area contributed by atoms with Crippen molar-refractivity contribution in [2.45, 2.75) is 12.8 Å². The number of benzene rings is 1. The fourth-order valence-corrected chi connectivity index (χ4v) is 2.81. The van der Waals surface area contributed by atoms with Crippen LogP contribution >= 0.6 is 11.6 Å². The van der Waals surface area contributed by atoms with Crippen LogP contribution in [-0.4, -0.2) is 29.0 Å². The minimum Gasteiger partial charge on any atom is -0.355 e. The van der Waals surface area contributed by atoms with Gasteiger partial charge in [0, 0.05) is 31.4 Å². The lowest BCUT2D eigenvalue weighted by atomic mass is 9.96. The number of hydrogen-bond acceptors (Lipinski definition) is 4. The highest BCUT2D eigenvalue weighted by molar-refractivity contribution is 6.33. The molecule has 0 spiro atoms. The number of rotatable bonds is 3. The Bertz CT molecular complexity index is 642. The zero-order valence-corrected chi connectivity index (χ0v) is 12.8. The van der Waals surface area contributed by atoms with Crippen LogP contribution in [0.5, 0.6) is 0 Å². The van der Waals surface area contributed by atoms with Crippen molar-refractivity contribution in [3.63, 3.8) is 0 Å². The topological polar surface area (TPSA) is 58.1 Å². The Morgan fingerprint density at radius 1 is 1.23 bits per heavy atom. The Kier molecular flexibility index (Phi) is 4.53. The molecule has 0 unspecified atom stereocenters. The van der Waals surface area contributed by atoms with E-state index in [1.165, 1.54) is 0 Å². The van der Waals surface area contributed by atoms with Crippen molar-refractivity contribution in [1.82, 2.24) is 9.97 Å². The van der Waals surface area contributed by atoms with Gasteiger partial charge in [-0.25, -0.2) is 4.98 Å². The van der Waals surface area contributed by atoms with E-state index in [1.807, 2.05) is 18.2 Å². The molecule has 1 aliphatic heterocycles. The Morgan fingerprint density at radius 3 is 2.68 bits per heavy atom. The molecular formula is C16H17ClN4O. The lowest BCUT2D eigenvalue weighted by Crippen LogP contribution is -2.38. The van der Waals surface area contributed by atoms with Crippen LogP contribution in [0.2, 0.25) is 5.02 Å². The van der Waals surface area contributed by atoms with Gasteiger partial charge in [0.15, 0.2) is 0 Å². The molecule has 0 radical (unpaired) electrons. The molecule has 3 rings (SSSR count). The van der Waals surface area contributed by atoms with Gasteiger partial charge in [0.2, 0.25) is 5.91 Å². The van der Waals surface area contributed by atoms with Crippen LogP contribution in [0.25, 0.3) is 0 Å². The molecule has 1 saturated heterocycles. The average molecular weight is 317 g/mol. The van der Waals surface area contributed by atoms with Gasteiger partial charge in [0.05, 0.1) is 16.9 Å². The molecule has 1 amide bonds. The molecule has 2 heterocycles. The molecule has 1 aromatic heterocycles. The third-order valence-electron chi connectivity index (χ3n) is 3.87. The number of anilines is 2. The summed E-state index contributed by atoms with van der Waals surface area (Å²) >= 11 is 6.07. The van der Waals surface area contributed by atoms with E-state index in [4.69, 9.17) is 11.6 Å². The number of nitrogens with zero attached hydrogens (tertiary/aromatic N) is 3. The number of amides is 1. The van der Waals surface area contributed by atoms with E-state index in [0.717, 1.165) is 31.7 Å². The van der Waals surface area contributed by atoms with Crippen molar-refractivity contribution in [3.8, 4) is 0 Å². The van der Waals surface area contributed by atoms with Crippen LogP contribution in [0, 0.1) is 5.92 Å². The van der Waals surface area contributed by atoms with Crippen molar-refractivity contribution >= 4 is 29.0 Å². The quantitative estimate of drug-likeness (QED) is 0.945. The summed E-state index contributed by atoms with van der Waals surface area (Å²) < 4.78 is 0. The normalized spacial score (nSPS) is 15.6. The summed E-state index contributed by atoms with van der Waals surface area (Å²) in [7, 11) is 0. The lowest BCUT2D eigenvalue weighted by molar-refractivity contribution is -0.120. The number of aromatic nitrogens is 2. The van der Waals surface area contributed by atoms with Gasteiger partial charge in [-0.15, -0.1) is 0 Å². The monoisotopic (exact) mass is 316 g/mol. The van der Waals surface area contributed by atoms with Gasteiger partial charge in [-0.2, -0.15) is 0 Å². The van der Waals surface area contributed by atoms with Gasteiger partial charge >= 0.3 is 0 Å². The molecule has 114 valence electrons. The van der Waals surface area contributed by atoms with Gasteiger partial charge in [-0.1, -0.05) is 23.7 Å². The molecule has 1 fully saturated rings. The third kappa shape index (κ3) is 3.36. The first-order chi connectivity index (χ1) is 10.7. The molecule has 0 aliphatic carbocycles. The first-order valence-corrected chi connectivity index (χ1v) is 7.68. The molecule has 22 heavy (non-hydrogen) atoms. The number of nitrogens with one attached hydrogen (secondary N) is 1. The highest BCUT2D eigenvalue weighted by atomic mass is 35.5. The highest BCUT2D eigenvalue weighted by Gasteiger charge is 2.26. The molecule has 1 aromatic carbocycles. The van der Waals surface area contributed by atoms with Crippen molar-refractivity contribution in [1.29, 1.82) is 0 Å². The van der Waals surface area contributed by atoms with Gasteiger partial charge in [-0.3, -0.25) is 9.78 Å². The van der Waals surface area contributed by atoms with Crippen molar-refractivity contribution < 1.29 is 4.79 Å². The number of carbonyl (C=O) groups is 1. The Labute approximate surface area is 134 Å². The minimum atomic E-state index is 0.00388. The fourth-order valence-electron chi connectivity index (χ4n) is 2.62. The van der Waals surface area contributed by atoms with Crippen molar-refractivity contribution in [3.05, 3.63) is 47.9 Å². The van der Waals surface area contributed by atoms with E-state index >= 15 is 0 Å². The Balaban J connectivity index is 1.57. The number of para-hydroxylation sites is 1. The number of hydrogen-bond donors (Lipinski definition) is 1. The predicted molar refractivity (Wildman–Crippen MR) is 87.1 cm³/mol. The molecule has 6 heteroatoms. The van der Waals surface area contributed by atoms with Crippen LogP contribution in [0.1, 0.15) is 12.8 Å². The second kappa shape index (κ2) is 6.75. The molecular weight excluding hydrogens is 300 g/mol. The summed E-state index contributed by atoms with van der Waals surface area (Å²) in [5, 5.41) is 3.48. The molecule has 1 aliphatic rings. The van der Waals surface area contributed by atoms with E-state index < -0.39 is 0 Å². The van der Waals surface area contributed by atoms with Crippen molar-refractivity contribution in [2.75, 3.05) is 23.3 Å². The van der Waals surface area contributed by atoms with Gasteiger partial charge < -0.3 is 10.2 Å². The first kappa shape index (κ1) is 14.8. The van der Waals surface area contributed by atoms with Crippen molar-refractivity contribution in [2.24, 2.45) is 5.92 Å². The molecule has 0 atom stereocenters. The van der Waals surface area contributed by atoms with Gasteiger partial charge in [-0.05, 0) is 25.0 Å². The predicted octanol–water partition coefficient (Wildman–Crippen LogP) is 2.99. The Morgan fingerprint density at radius 2 is 2.00 bits per heavy atom. The summed E-state index contributed by atoms with van der Waals surface area (Å²) in [6, 6.07) is 7.29. The van der Waals surface area contributed by atoms with E-state index in [0.29, 0.717) is 10.7 Å². The number of halogens is 1. The van der Waals surface area contributed by atoms with Gasteiger partial charge in [0.25, 0.3) is 0 Å². The van der Waals surface area contributed by atoms with Crippen LogP contribution in [0.15, 0.2) is 42.9 Å². The maximum atomic E-state index is 12.3. The fraction of sp³-hybridized carbons (Fsp3) is 0.312. The van der Waals surface area contributed by atoms with E-state index in [-0.39, 0.29) is 11.8 Å². The van der Waals surface area contributed by atoms with Crippen LogP contribution in [0.4, 0.5) is 11.5 Å². The average Bonchev–Trinajstić information content (AvgIpc) is 2.58. The summed E-state index contributed by atoms with van der Waals surface area (Å²) in [6.45, 7) is 1.61. The number of carbonyl (C=O) groups excluding carboxylic acids is 1. The summed E-state index contributed by atoms with van der Waals surface area (Å²) in [6.07, 6.45) is 6.70. The SMILES string of the molecule is O=C(Nc1ccccc1Cl)C1CCN(c2cnccn2)CC1. The maximum absolute atomic E-state index is 12.3. The second-order valence-electron chi connectivity index (χ2n) is 5.29. The van der Waals surface area contributed by atoms with E-state index in [1.54, 1.807) is 24.7 Å². The lowest BCUT2D eigenvalue weighted by Gasteiger charge is -2.31. The summed E-state index contributed by atoms with van der Waals surface area (Å²) in [5.74, 6) is 0.906. The van der Waals surface area contributed by atoms with Crippen LogP contribution < -0.4 is 10.2 Å². The second-order valence-corrected chi connectivity index (χ2v) is 5.70. The molecule has 2 aromatic rings. The van der Waals surface area contributed by atoms with Gasteiger partial charge in [0.1, 0.15) is 5.82 Å². The standard InChI is InChI=1S/C16H17ClN4O/c17-13-3-1-2-4-14(13)20-16(22)12-5-9-21(10-6-12)15-11-18-7-8-19-15/h1-4,7-8,11-12H,5-6,9-10H2,(H,20,22). The summed E-state index contributed by atoms with van der Waals surface area (Å²) in [4.78, 5) is 22.9. The highest BCUT2D eigenvalue weighted by Crippen LogP contribution is 2.25. The number of piperidine rings is 1. The zero-order chi connectivity index (χ0) is 15.4. The third-order valence-corrected chi connectivity index (χ3v) is 4.20. The van der Waals surface area contributed by atoms with Crippen LogP contribution in [0.3, 0.4) is 0 Å².